The maximum atomic E-state index is 12.6. The number of carbonyl (C=O) groups is 1. The fraction of sp³-hybridized carbons (Fsp3) is 0.350. The first-order chi connectivity index (χ1) is 13.7. The Balaban J connectivity index is 1.71. The molecule has 1 spiro atoms. The quantitative estimate of drug-likeness (QED) is 0.753. The van der Waals surface area contributed by atoms with Gasteiger partial charge in [0.05, 0.1) is 13.2 Å². The molecule has 8 nitrogen and oxygen atoms in total. The van der Waals surface area contributed by atoms with Crippen LogP contribution >= 0.6 is 0 Å². The molecule has 4 rings (SSSR count). The lowest BCUT2D eigenvalue weighted by Gasteiger charge is -2.40. The summed E-state index contributed by atoms with van der Waals surface area (Å²) in [5.74, 6) is -0.413. The van der Waals surface area contributed by atoms with Gasteiger partial charge in [0.1, 0.15) is 17.0 Å². The van der Waals surface area contributed by atoms with Crippen molar-refractivity contribution in [2.45, 2.75) is 25.5 Å². The topological polar surface area (TPSA) is 115 Å². The molecule has 2 N–H and O–H groups in total. The second-order valence-electron chi connectivity index (χ2n) is 7.53. The van der Waals surface area contributed by atoms with Crippen LogP contribution in [-0.4, -0.2) is 48.9 Å². The van der Waals surface area contributed by atoms with Crippen molar-refractivity contribution >= 4 is 21.8 Å². The van der Waals surface area contributed by atoms with E-state index < -0.39 is 15.6 Å². The van der Waals surface area contributed by atoms with E-state index >= 15 is 0 Å². The number of ether oxygens (including phenoxy) is 1. The van der Waals surface area contributed by atoms with Crippen LogP contribution in [0.15, 0.2) is 41.5 Å². The fourth-order valence-electron chi connectivity index (χ4n) is 3.68. The molecule has 0 fully saturated rings. The number of aromatic nitrogens is 1. The van der Waals surface area contributed by atoms with Crippen molar-refractivity contribution in [2.75, 3.05) is 19.4 Å². The van der Waals surface area contributed by atoms with Crippen molar-refractivity contribution in [2.24, 2.45) is 10.7 Å². The molecular weight excluding hydrogens is 392 g/mol. The van der Waals surface area contributed by atoms with Gasteiger partial charge in [-0.25, -0.2) is 17.7 Å². The molecule has 0 unspecified atom stereocenters. The largest absolute Gasteiger partial charge is 0.374 e. The summed E-state index contributed by atoms with van der Waals surface area (Å²) in [5.41, 5.74) is 8.53. The van der Waals surface area contributed by atoms with Crippen molar-refractivity contribution in [3.63, 3.8) is 0 Å². The summed E-state index contributed by atoms with van der Waals surface area (Å²) in [5, 5.41) is 0. The second kappa shape index (κ2) is 6.93. The third kappa shape index (κ3) is 3.51. The predicted octanol–water partition coefficient (Wildman–Crippen LogP) is 1.13. The highest BCUT2D eigenvalue weighted by molar-refractivity contribution is 7.89. The normalized spacial score (nSPS) is 22.8. The van der Waals surface area contributed by atoms with E-state index in [2.05, 4.69) is 9.98 Å². The summed E-state index contributed by atoms with van der Waals surface area (Å²) in [6.07, 6.45) is 1.82. The second-order valence-corrected chi connectivity index (χ2v) is 9.53. The number of Topliss-reactive ketones (excluding diaryl/α,β-unsaturated/α-hetero) is 1. The number of aryl methyl sites for hydroxylation is 1. The highest BCUT2D eigenvalue weighted by Crippen LogP contribution is 2.38. The van der Waals surface area contributed by atoms with E-state index in [0.717, 1.165) is 26.6 Å². The van der Waals surface area contributed by atoms with Crippen LogP contribution in [0.3, 0.4) is 0 Å². The lowest BCUT2D eigenvalue weighted by Crippen LogP contribution is -2.54. The van der Waals surface area contributed by atoms with Crippen molar-refractivity contribution < 1.29 is 17.9 Å². The molecule has 3 heterocycles. The van der Waals surface area contributed by atoms with Crippen LogP contribution in [0.25, 0.3) is 0 Å². The molecule has 0 saturated carbocycles. The van der Waals surface area contributed by atoms with Crippen molar-refractivity contribution in [3.05, 3.63) is 64.5 Å². The molecule has 1 atom stereocenters. The van der Waals surface area contributed by atoms with Gasteiger partial charge in [-0.15, -0.1) is 0 Å². The Kier molecular flexibility index (Phi) is 4.66. The van der Waals surface area contributed by atoms with E-state index in [1.54, 1.807) is 12.3 Å². The number of hydrogen-bond acceptors (Lipinski definition) is 7. The van der Waals surface area contributed by atoms with Crippen molar-refractivity contribution in [1.82, 2.24) is 9.29 Å². The Bertz CT molecular complexity index is 1110. The summed E-state index contributed by atoms with van der Waals surface area (Å²) in [6.45, 7) is 2.38. The van der Waals surface area contributed by atoms with Crippen LogP contribution in [0.5, 0.6) is 0 Å². The molecule has 29 heavy (non-hydrogen) atoms. The molecule has 1 aromatic heterocycles. The van der Waals surface area contributed by atoms with E-state index in [1.807, 2.05) is 31.2 Å². The van der Waals surface area contributed by atoms with Gasteiger partial charge < -0.3 is 10.5 Å². The van der Waals surface area contributed by atoms with Gasteiger partial charge in [-0.2, -0.15) is 0 Å². The number of sulfonamides is 1. The van der Waals surface area contributed by atoms with Crippen LogP contribution in [0.1, 0.15) is 32.7 Å². The number of nitrogens with zero attached hydrogens (tertiary/aromatic N) is 3. The van der Waals surface area contributed by atoms with Crippen LogP contribution in [0.2, 0.25) is 0 Å². The first-order valence-electron chi connectivity index (χ1n) is 9.18. The van der Waals surface area contributed by atoms with Crippen molar-refractivity contribution in [3.8, 4) is 0 Å². The van der Waals surface area contributed by atoms with Gasteiger partial charge in [0.15, 0.2) is 5.78 Å². The van der Waals surface area contributed by atoms with Gasteiger partial charge in [-0.3, -0.25) is 9.78 Å². The molecule has 0 radical (unpaired) electrons. The number of fused-ring (bicyclic) bond motifs is 2. The maximum absolute atomic E-state index is 12.6. The predicted molar refractivity (Wildman–Crippen MR) is 108 cm³/mol. The molecule has 0 saturated heterocycles. The minimum absolute atomic E-state index is 0.0713. The first kappa shape index (κ1) is 19.5. The molecule has 2 aliphatic rings. The summed E-state index contributed by atoms with van der Waals surface area (Å²) >= 11 is 0. The van der Waals surface area contributed by atoms with Gasteiger partial charge >= 0.3 is 0 Å². The summed E-state index contributed by atoms with van der Waals surface area (Å²) in [6, 6.07) is 9.11. The number of rotatable bonds is 3. The number of benzene rings is 1. The molecule has 1 aromatic carbocycles. The molecule has 2 aromatic rings. The Morgan fingerprint density at radius 3 is 2.79 bits per heavy atom. The maximum Gasteiger partial charge on any atom is 0.240 e. The summed E-state index contributed by atoms with van der Waals surface area (Å²) < 4.78 is 31.8. The molecule has 9 heteroatoms. The van der Waals surface area contributed by atoms with E-state index in [0.29, 0.717) is 12.3 Å². The minimum Gasteiger partial charge on any atom is -0.374 e. The Labute approximate surface area is 169 Å². The SMILES string of the molecule is Cc1ccc(C(=O)Cc2ccc3c(c2)[C@]2(COC3)CS(=O)(=O)N(C)C(N)=N2)nc1. The molecule has 152 valence electrons. The van der Waals surface area contributed by atoms with Crippen LogP contribution in [0.4, 0.5) is 0 Å². The summed E-state index contributed by atoms with van der Waals surface area (Å²) in [4.78, 5) is 21.3. The number of aliphatic imine (C=N–C) groups is 1. The Morgan fingerprint density at radius 1 is 1.31 bits per heavy atom. The van der Waals surface area contributed by atoms with Gasteiger partial charge in [-0.1, -0.05) is 24.3 Å². The molecule has 0 bridgehead atoms. The third-order valence-corrected chi connectivity index (χ3v) is 7.19. The van der Waals surface area contributed by atoms with Gasteiger partial charge in [0.2, 0.25) is 16.0 Å². The zero-order valence-corrected chi connectivity index (χ0v) is 17.1. The fourth-order valence-corrected chi connectivity index (χ4v) is 5.11. The number of guanidine groups is 1. The van der Waals surface area contributed by atoms with E-state index in [1.165, 1.54) is 7.05 Å². The average Bonchev–Trinajstić information content (AvgIpc) is 2.67. The standard InChI is InChI=1S/C20H22N4O4S/c1-13-3-6-17(22-9-13)18(25)8-14-4-5-15-10-28-11-20(16(15)7-14)12-29(26,27)24(2)19(21)23-20/h3-7,9H,8,10-12H2,1-2H3,(H2,21,23)/t20-/m0/s1. The van der Waals surface area contributed by atoms with E-state index in [9.17, 15) is 13.2 Å². The summed E-state index contributed by atoms with van der Waals surface area (Å²) in [7, 11) is -2.24. The van der Waals surface area contributed by atoms with Crippen LogP contribution < -0.4 is 5.73 Å². The number of carbonyl (C=O) groups excluding carboxylic acids is 1. The number of hydrogen-bond donors (Lipinski definition) is 1. The lowest BCUT2D eigenvalue weighted by atomic mass is 9.85. The first-order valence-corrected chi connectivity index (χ1v) is 10.8. The minimum atomic E-state index is -3.62. The molecule has 0 aliphatic carbocycles. The van der Waals surface area contributed by atoms with Crippen molar-refractivity contribution in [1.29, 1.82) is 0 Å². The Morgan fingerprint density at radius 2 is 2.10 bits per heavy atom. The van der Waals surface area contributed by atoms with Gasteiger partial charge in [0, 0.05) is 19.7 Å². The monoisotopic (exact) mass is 414 g/mol. The van der Waals surface area contributed by atoms with Crippen LogP contribution in [0, 0.1) is 6.92 Å². The highest BCUT2D eigenvalue weighted by Gasteiger charge is 2.46. The average molecular weight is 414 g/mol. The molecular formula is C20H22N4O4S. The zero-order chi connectivity index (χ0) is 20.8. The lowest BCUT2D eigenvalue weighted by molar-refractivity contribution is 0.0603. The number of ketones is 1. The number of nitrogens with two attached hydrogens (primary N) is 1. The molecule has 2 aliphatic heterocycles. The highest BCUT2D eigenvalue weighted by atomic mass is 32.2. The smallest absolute Gasteiger partial charge is 0.240 e. The Hall–Kier alpha value is -2.78. The van der Waals surface area contributed by atoms with Gasteiger partial charge in [-0.05, 0) is 35.2 Å². The zero-order valence-electron chi connectivity index (χ0n) is 16.3. The van der Waals surface area contributed by atoms with Gasteiger partial charge in [0.25, 0.3) is 0 Å². The van der Waals surface area contributed by atoms with E-state index in [-0.39, 0.29) is 30.5 Å². The van der Waals surface area contributed by atoms with E-state index in [4.69, 9.17) is 10.5 Å². The number of pyridine rings is 1. The van der Waals surface area contributed by atoms with Crippen LogP contribution in [-0.2, 0) is 33.3 Å². The molecule has 0 amide bonds. The third-order valence-electron chi connectivity index (χ3n) is 5.33.